The van der Waals surface area contributed by atoms with Gasteiger partial charge in [-0.1, -0.05) is 25.7 Å². The molecule has 0 amide bonds. The molecule has 1 rings (SSSR count). The number of ether oxygens (including phenoxy) is 1. The minimum atomic E-state index is 0.582. The second-order valence-corrected chi connectivity index (χ2v) is 5.39. The maximum Gasteiger partial charge on any atom is 0.0476 e. The van der Waals surface area contributed by atoms with Crippen molar-refractivity contribution in [2.24, 2.45) is 5.92 Å². The van der Waals surface area contributed by atoms with E-state index in [1.165, 1.54) is 38.5 Å². The van der Waals surface area contributed by atoms with Crippen molar-refractivity contribution in [2.75, 3.05) is 13.7 Å². The Labute approximate surface area is 101 Å². The summed E-state index contributed by atoms with van der Waals surface area (Å²) in [4.78, 5) is 0. The van der Waals surface area contributed by atoms with Gasteiger partial charge in [0.25, 0.3) is 0 Å². The zero-order chi connectivity index (χ0) is 11.8. The summed E-state index contributed by atoms with van der Waals surface area (Å²) in [6, 6.07) is 1.25. The van der Waals surface area contributed by atoms with E-state index >= 15 is 0 Å². The molecule has 96 valence electrons. The Hall–Kier alpha value is -0.0800. The molecule has 0 aromatic heterocycles. The minimum Gasteiger partial charge on any atom is -0.385 e. The molecule has 0 bridgehead atoms. The third kappa shape index (κ3) is 5.31. The Morgan fingerprint density at radius 3 is 2.31 bits per heavy atom. The van der Waals surface area contributed by atoms with Gasteiger partial charge < -0.3 is 10.1 Å². The van der Waals surface area contributed by atoms with Gasteiger partial charge in [0.15, 0.2) is 0 Å². The summed E-state index contributed by atoms with van der Waals surface area (Å²) in [5.41, 5.74) is 0. The van der Waals surface area contributed by atoms with Gasteiger partial charge in [0.05, 0.1) is 0 Å². The van der Waals surface area contributed by atoms with Crippen molar-refractivity contribution in [3.8, 4) is 0 Å². The summed E-state index contributed by atoms with van der Waals surface area (Å²) in [6.07, 6.45) is 9.72. The fraction of sp³-hybridized carbons (Fsp3) is 1.00. The molecule has 1 N–H and O–H groups in total. The third-order valence-electron chi connectivity index (χ3n) is 3.91. The lowest BCUT2D eigenvalue weighted by Crippen LogP contribution is -2.39. The Morgan fingerprint density at radius 2 is 1.75 bits per heavy atom. The molecule has 0 radical (unpaired) electrons. The highest BCUT2D eigenvalue weighted by Gasteiger charge is 2.19. The molecule has 0 aliphatic heterocycles. The standard InChI is InChI=1S/C14H29NO/c1-12(10-11-16-3)15-13(2)14-8-6-4-5-7-9-14/h12-15H,4-11H2,1-3H3/t12?,13-/m0/s1. The van der Waals surface area contributed by atoms with Gasteiger partial charge in [-0.25, -0.2) is 0 Å². The lowest BCUT2D eigenvalue weighted by Gasteiger charge is -2.27. The van der Waals surface area contributed by atoms with Gasteiger partial charge >= 0.3 is 0 Å². The first-order valence-electron chi connectivity index (χ1n) is 6.99. The van der Waals surface area contributed by atoms with Crippen LogP contribution in [0.2, 0.25) is 0 Å². The monoisotopic (exact) mass is 227 g/mol. The van der Waals surface area contributed by atoms with E-state index in [-0.39, 0.29) is 0 Å². The number of rotatable bonds is 6. The van der Waals surface area contributed by atoms with Crippen LogP contribution in [0.1, 0.15) is 58.8 Å². The maximum atomic E-state index is 5.12. The lowest BCUT2D eigenvalue weighted by molar-refractivity contribution is 0.179. The van der Waals surface area contributed by atoms with E-state index in [4.69, 9.17) is 4.74 Å². The first-order chi connectivity index (χ1) is 7.74. The molecule has 0 aromatic carbocycles. The molecule has 2 heteroatoms. The van der Waals surface area contributed by atoms with Gasteiger partial charge in [-0.3, -0.25) is 0 Å². The van der Waals surface area contributed by atoms with E-state index in [2.05, 4.69) is 19.2 Å². The lowest BCUT2D eigenvalue weighted by atomic mass is 9.92. The fourth-order valence-corrected chi connectivity index (χ4v) is 2.77. The van der Waals surface area contributed by atoms with Gasteiger partial charge in [0.2, 0.25) is 0 Å². The largest absolute Gasteiger partial charge is 0.385 e. The predicted molar refractivity (Wildman–Crippen MR) is 69.7 cm³/mol. The first kappa shape index (κ1) is 14.0. The van der Waals surface area contributed by atoms with Crippen molar-refractivity contribution < 1.29 is 4.74 Å². The van der Waals surface area contributed by atoms with E-state index in [0.717, 1.165) is 18.9 Å². The molecule has 2 atom stereocenters. The molecule has 2 nitrogen and oxygen atoms in total. The molecular formula is C14H29NO. The van der Waals surface area contributed by atoms with Crippen LogP contribution in [0.25, 0.3) is 0 Å². The topological polar surface area (TPSA) is 21.3 Å². The van der Waals surface area contributed by atoms with Crippen LogP contribution in [0.4, 0.5) is 0 Å². The Morgan fingerprint density at radius 1 is 1.12 bits per heavy atom. The second-order valence-electron chi connectivity index (χ2n) is 5.39. The van der Waals surface area contributed by atoms with Crippen LogP contribution in [0.3, 0.4) is 0 Å². The first-order valence-corrected chi connectivity index (χ1v) is 6.99. The average molecular weight is 227 g/mol. The summed E-state index contributed by atoms with van der Waals surface area (Å²) in [7, 11) is 1.78. The zero-order valence-electron chi connectivity index (χ0n) is 11.3. The van der Waals surface area contributed by atoms with Crippen molar-refractivity contribution >= 4 is 0 Å². The Bertz CT molecular complexity index is 164. The molecule has 0 heterocycles. The fourth-order valence-electron chi connectivity index (χ4n) is 2.77. The number of hydrogen-bond donors (Lipinski definition) is 1. The Kier molecular flexibility index (Phi) is 7.06. The number of methoxy groups -OCH3 is 1. The SMILES string of the molecule is COCCC(C)N[C@@H](C)C1CCCCCC1. The van der Waals surface area contributed by atoms with Crippen LogP contribution < -0.4 is 5.32 Å². The second kappa shape index (κ2) is 8.08. The molecule has 0 spiro atoms. The van der Waals surface area contributed by atoms with Gasteiger partial charge in [0, 0.05) is 25.8 Å². The predicted octanol–water partition coefficient (Wildman–Crippen LogP) is 3.36. The Balaban J connectivity index is 2.23. The van der Waals surface area contributed by atoms with Crippen LogP contribution in [-0.2, 0) is 4.74 Å². The molecule has 1 unspecified atom stereocenters. The average Bonchev–Trinajstić information content (AvgIpc) is 2.54. The zero-order valence-corrected chi connectivity index (χ0v) is 11.3. The van der Waals surface area contributed by atoms with Crippen LogP contribution >= 0.6 is 0 Å². The van der Waals surface area contributed by atoms with Crippen LogP contribution in [0.15, 0.2) is 0 Å². The van der Waals surface area contributed by atoms with Crippen molar-refractivity contribution in [3.05, 3.63) is 0 Å². The highest BCUT2D eigenvalue weighted by atomic mass is 16.5. The quantitative estimate of drug-likeness (QED) is 0.703. The van der Waals surface area contributed by atoms with E-state index in [9.17, 15) is 0 Å². The smallest absolute Gasteiger partial charge is 0.0476 e. The van der Waals surface area contributed by atoms with E-state index in [0.29, 0.717) is 12.1 Å². The molecule has 1 saturated carbocycles. The van der Waals surface area contributed by atoms with Gasteiger partial charge in [-0.15, -0.1) is 0 Å². The van der Waals surface area contributed by atoms with Crippen molar-refractivity contribution in [2.45, 2.75) is 70.9 Å². The molecule has 0 saturated heterocycles. The number of nitrogens with one attached hydrogen (secondary N) is 1. The molecular weight excluding hydrogens is 198 g/mol. The van der Waals surface area contributed by atoms with E-state index in [1.54, 1.807) is 7.11 Å². The minimum absolute atomic E-state index is 0.582. The maximum absolute atomic E-state index is 5.12. The highest BCUT2D eigenvalue weighted by molar-refractivity contribution is 4.77. The molecule has 16 heavy (non-hydrogen) atoms. The van der Waals surface area contributed by atoms with Crippen LogP contribution in [-0.4, -0.2) is 25.8 Å². The summed E-state index contributed by atoms with van der Waals surface area (Å²) < 4.78 is 5.12. The summed E-state index contributed by atoms with van der Waals surface area (Å²) >= 11 is 0. The van der Waals surface area contributed by atoms with E-state index in [1.807, 2.05) is 0 Å². The number of hydrogen-bond acceptors (Lipinski definition) is 2. The van der Waals surface area contributed by atoms with Gasteiger partial charge in [-0.2, -0.15) is 0 Å². The van der Waals surface area contributed by atoms with Crippen LogP contribution in [0.5, 0.6) is 0 Å². The third-order valence-corrected chi connectivity index (χ3v) is 3.91. The van der Waals surface area contributed by atoms with Crippen molar-refractivity contribution in [3.63, 3.8) is 0 Å². The molecule has 1 fully saturated rings. The van der Waals surface area contributed by atoms with Crippen molar-refractivity contribution in [1.82, 2.24) is 5.32 Å². The highest BCUT2D eigenvalue weighted by Crippen LogP contribution is 2.25. The summed E-state index contributed by atoms with van der Waals surface area (Å²) in [5.74, 6) is 0.896. The van der Waals surface area contributed by atoms with Crippen molar-refractivity contribution in [1.29, 1.82) is 0 Å². The van der Waals surface area contributed by atoms with Gasteiger partial charge in [-0.05, 0) is 39.0 Å². The van der Waals surface area contributed by atoms with E-state index < -0.39 is 0 Å². The van der Waals surface area contributed by atoms with Gasteiger partial charge in [0.1, 0.15) is 0 Å². The molecule has 1 aliphatic rings. The summed E-state index contributed by atoms with van der Waals surface area (Å²) in [6.45, 7) is 5.50. The summed E-state index contributed by atoms with van der Waals surface area (Å²) in [5, 5.41) is 3.73. The van der Waals surface area contributed by atoms with Crippen LogP contribution in [0, 0.1) is 5.92 Å². The molecule has 1 aliphatic carbocycles. The molecule has 0 aromatic rings. The normalized spacial score (nSPS) is 22.7.